The summed E-state index contributed by atoms with van der Waals surface area (Å²) in [4.78, 5) is 35.5. The molecule has 1 atom stereocenters. The molecule has 3 N–H and O–H groups in total. The average Bonchev–Trinajstić information content (AvgIpc) is 2.54. The zero-order valence-electron chi connectivity index (χ0n) is 18.8. The van der Waals surface area contributed by atoms with E-state index in [1.807, 2.05) is 0 Å². The summed E-state index contributed by atoms with van der Waals surface area (Å²) >= 11 is 0. The van der Waals surface area contributed by atoms with Gasteiger partial charge in [-0.1, -0.05) is 19.9 Å². The van der Waals surface area contributed by atoms with Gasteiger partial charge in [-0.05, 0) is 65.2 Å². The van der Waals surface area contributed by atoms with E-state index in [4.69, 9.17) is 4.74 Å². The summed E-state index contributed by atoms with van der Waals surface area (Å²) in [5.74, 6) is -2.19. The number of nitrogens with one attached hydrogen (secondary N) is 2. The van der Waals surface area contributed by atoms with Crippen LogP contribution >= 0.6 is 0 Å². The van der Waals surface area contributed by atoms with Crippen LogP contribution in [0.3, 0.4) is 0 Å². The Kier molecular flexibility index (Phi) is 8.39. The van der Waals surface area contributed by atoms with Gasteiger partial charge in [0.25, 0.3) is 0 Å². The quantitative estimate of drug-likeness (QED) is 0.575. The third kappa shape index (κ3) is 8.39. The predicted molar refractivity (Wildman–Crippen MR) is 113 cm³/mol. The van der Waals surface area contributed by atoms with E-state index in [-0.39, 0.29) is 30.4 Å². The van der Waals surface area contributed by atoms with Crippen LogP contribution in [0.25, 0.3) is 0 Å². The minimum Gasteiger partial charge on any atom is -0.481 e. The number of ether oxygens (including phenoxy) is 1. The van der Waals surface area contributed by atoms with E-state index in [1.54, 1.807) is 54.5 Å². The highest BCUT2D eigenvalue weighted by atomic mass is 19.1. The van der Waals surface area contributed by atoms with Gasteiger partial charge in [0.15, 0.2) is 0 Å². The second kappa shape index (κ2) is 9.91. The molecule has 0 fully saturated rings. The Morgan fingerprint density at radius 1 is 1.13 bits per heavy atom. The topological polar surface area (TPSA) is 105 Å². The van der Waals surface area contributed by atoms with Gasteiger partial charge in [0, 0.05) is 12.0 Å². The van der Waals surface area contributed by atoms with Crippen molar-refractivity contribution in [2.45, 2.75) is 73.0 Å². The fraction of sp³-hybridized carbons (Fsp3) is 0.591. The Morgan fingerprint density at radius 3 is 2.20 bits per heavy atom. The van der Waals surface area contributed by atoms with Gasteiger partial charge in [-0.2, -0.15) is 0 Å². The molecule has 0 aliphatic carbocycles. The van der Waals surface area contributed by atoms with Gasteiger partial charge in [0.1, 0.15) is 11.4 Å². The molecule has 30 heavy (non-hydrogen) atoms. The summed E-state index contributed by atoms with van der Waals surface area (Å²) in [6, 6.07) is 3.77. The third-order valence-electron chi connectivity index (χ3n) is 4.35. The molecule has 1 rings (SSSR count). The molecular formula is C22H33FN2O5. The van der Waals surface area contributed by atoms with Crippen molar-refractivity contribution in [3.05, 3.63) is 29.6 Å². The standard InChI is InChI=1S/C22H33FN2O5/c1-13(2)18(26)25-17-9-8-14(11-16(17)23)10-15(12-22(6,7)19(27)28)24-20(29)30-21(3,4)5/h8-9,11,13,15H,10,12H2,1-7H3,(H,24,29)(H,25,26)(H,27,28)/t15-/m0/s1. The van der Waals surface area contributed by atoms with E-state index in [0.717, 1.165) is 0 Å². The SMILES string of the molecule is CC(C)C(=O)Nc1ccc(C[C@@H](CC(C)(C)C(=O)O)NC(=O)OC(C)(C)C)cc1F. The zero-order chi connectivity index (χ0) is 23.3. The largest absolute Gasteiger partial charge is 0.481 e. The molecule has 168 valence electrons. The van der Waals surface area contributed by atoms with Crippen LogP contribution in [0.15, 0.2) is 18.2 Å². The molecule has 0 aliphatic heterocycles. The number of carboxylic acids is 1. The third-order valence-corrected chi connectivity index (χ3v) is 4.35. The second-order valence-corrected chi connectivity index (χ2v) is 9.40. The summed E-state index contributed by atoms with van der Waals surface area (Å²) in [6.45, 7) is 11.7. The summed E-state index contributed by atoms with van der Waals surface area (Å²) in [5.41, 5.74) is -1.19. The molecule has 0 saturated heterocycles. The monoisotopic (exact) mass is 424 g/mol. The van der Waals surface area contributed by atoms with Crippen molar-refractivity contribution in [1.29, 1.82) is 0 Å². The van der Waals surface area contributed by atoms with Crippen molar-refractivity contribution in [1.82, 2.24) is 5.32 Å². The number of hydrogen-bond acceptors (Lipinski definition) is 4. The van der Waals surface area contributed by atoms with Crippen LogP contribution in [0, 0.1) is 17.2 Å². The maximum absolute atomic E-state index is 14.5. The van der Waals surface area contributed by atoms with Crippen molar-refractivity contribution < 1.29 is 28.6 Å². The predicted octanol–water partition coefficient (Wildman–Crippen LogP) is 4.36. The van der Waals surface area contributed by atoms with Crippen LogP contribution in [-0.4, -0.2) is 34.7 Å². The van der Waals surface area contributed by atoms with E-state index in [9.17, 15) is 23.9 Å². The van der Waals surface area contributed by atoms with Crippen molar-refractivity contribution in [3.8, 4) is 0 Å². The lowest BCUT2D eigenvalue weighted by molar-refractivity contribution is -0.147. The van der Waals surface area contributed by atoms with Crippen molar-refractivity contribution >= 4 is 23.7 Å². The van der Waals surface area contributed by atoms with Gasteiger partial charge in [0.2, 0.25) is 5.91 Å². The normalized spacial score (nSPS) is 13.0. The number of amides is 2. The lowest BCUT2D eigenvalue weighted by atomic mass is 9.84. The number of rotatable bonds is 8. The molecule has 1 aromatic rings. The van der Waals surface area contributed by atoms with Gasteiger partial charge in [-0.3, -0.25) is 9.59 Å². The summed E-state index contributed by atoms with van der Waals surface area (Å²) in [5, 5.41) is 14.7. The maximum atomic E-state index is 14.5. The van der Waals surface area contributed by atoms with Crippen LogP contribution in [-0.2, 0) is 20.7 Å². The molecule has 2 amide bonds. The maximum Gasteiger partial charge on any atom is 0.407 e. The molecule has 0 heterocycles. The molecule has 0 spiro atoms. The molecule has 1 aromatic carbocycles. The molecule has 7 nitrogen and oxygen atoms in total. The molecule has 0 unspecified atom stereocenters. The van der Waals surface area contributed by atoms with Gasteiger partial charge in [-0.25, -0.2) is 9.18 Å². The van der Waals surface area contributed by atoms with Gasteiger partial charge in [0.05, 0.1) is 11.1 Å². The molecule has 0 aliphatic rings. The number of aliphatic carboxylic acids is 1. The first-order chi connectivity index (χ1) is 13.6. The number of alkyl carbamates (subject to hydrolysis) is 1. The molecule has 8 heteroatoms. The number of carboxylic acid groups (broad SMARTS) is 1. The average molecular weight is 425 g/mol. The number of anilines is 1. The first-order valence-electron chi connectivity index (χ1n) is 9.93. The molecule has 0 radical (unpaired) electrons. The van der Waals surface area contributed by atoms with Crippen LogP contribution in [0.5, 0.6) is 0 Å². The lowest BCUT2D eigenvalue weighted by Crippen LogP contribution is -2.43. The van der Waals surface area contributed by atoms with Crippen molar-refractivity contribution in [2.75, 3.05) is 5.32 Å². The molecule has 0 aromatic heterocycles. The van der Waals surface area contributed by atoms with E-state index in [1.165, 1.54) is 12.1 Å². The summed E-state index contributed by atoms with van der Waals surface area (Å²) in [6.07, 6.45) is -0.352. The zero-order valence-corrected chi connectivity index (χ0v) is 18.8. The summed E-state index contributed by atoms with van der Waals surface area (Å²) in [7, 11) is 0. The Hall–Kier alpha value is -2.64. The first-order valence-corrected chi connectivity index (χ1v) is 9.93. The Morgan fingerprint density at radius 2 is 1.73 bits per heavy atom. The van der Waals surface area contributed by atoms with Crippen molar-refractivity contribution in [3.63, 3.8) is 0 Å². The van der Waals surface area contributed by atoms with E-state index in [0.29, 0.717) is 5.56 Å². The van der Waals surface area contributed by atoms with Crippen LogP contribution in [0.1, 0.15) is 60.5 Å². The number of carbonyl (C=O) groups is 3. The van der Waals surface area contributed by atoms with Crippen LogP contribution in [0.2, 0.25) is 0 Å². The second-order valence-electron chi connectivity index (χ2n) is 9.40. The molecular weight excluding hydrogens is 391 g/mol. The molecule has 0 saturated carbocycles. The number of carbonyl (C=O) groups excluding carboxylic acids is 2. The smallest absolute Gasteiger partial charge is 0.407 e. The number of benzene rings is 1. The van der Waals surface area contributed by atoms with Gasteiger partial charge < -0.3 is 20.5 Å². The first kappa shape index (κ1) is 25.4. The molecule has 0 bridgehead atoms. The van der Waals surface area contributed by atoms with E-state index < -0.39 is 34.9 Å². The Bertz CT molecular complexity index is 784. The lowest BCUT2D eigenvalue weighted by Gasteiger charge is -2.28. The van der Waals surface area contributed by atoms with E-state index >= 15 is 0 Å². The van der Waals surface area contributed by atoms with Crippen molar-refractivity contribution in [2.24, 2.45) is 11.3 Å². The fourth-order valence-corrected chi connectivity index (χ4v) is 2.70. The highest BCUT2D eigenvalue weighted by molar-refractivity contribution is 5.92. The van der Waals surface area contributed by atoms with Gasteiger partial charge >= 0.3 is 12.1 Å². The van der Waals surface area contributed by atoms with E-state index in [2.05, 4.69) is 10.6 Å². The van der Waals surface area contributed by atoms with Gasteiger partial charge in [-0.15, -0.1) is 0 Å². The van der Waals surface area contributed by atoms with Crippen LogP contribution in [0.4, 0.5) is 14.9 Å². The Balaban J connectivity index is 3.02. The Labute approximate surface area is 177 Å². The highest BCUT2D eigenvalue weighted by Crippen LogP contribution is 2.26. The number of hydrogen-bond donors (Lipinski definition) is 3. The minimum absolute atomic E-state index is 0.0694. The number of halogens is 1. The van der Waals surface area contributed by atoms with Crippen LogP contribution < -0.4 is 10.6 Å². The summed E-state index contributed by atoms with van der Waals surface area (Å²) < 4.78 is 19.7. The fourth-order valence-electron chi connectivity index (χ4n) is 2.70. The minimum atomic E-state index is -1.11. The highest BCUT2D eigenvalue weighted by Gasteiger charge is 2.32.